The maximum absolute atomic E-state index is 13.1. The molecule has 0 aromatic rings. The van der Waals surface area contributed by atoms with Crippen LogP contribution in [0.4, 0.5) is 0 Å². The minimum absolute atomic E-state index is 0.0187. The standard InChI is InChI=1S/C87H140O17P2/c1-5-9-13-17-21-25-29-33-37-39-40-42-46-48-52-56-60-64-68-72-85(90)98-78-83(104-87(92)74-70-66-62-58-54-50-44-36-32-28-24-20-16-12-8-4)80-102-106(95,96)100-76-81(88)75-99-105(93,94)101-79-82(103-86(91)73-69-65-61-57-53-49-43-35-31-27-23-19-15-11-7-3)77-97-84(89)71-67-63-59-55-51-47-45-41-38-34-30-26-22-18-14-10-6-2/h9-10,12-14,16,21-22,24-26,28,33-34,36-38,40,42,44-45,47-48,52,54-55,58-60,64,81-83,88H,5-8,11,15,17-20,23,27,29-32,35,39,41,43,46,49-51,53,56-57,61-63,65-80H2,1-4H3,(H,93,94)(H,95,96)/b13-9-,14-10-,16-12-,25-21-,26-22-,28-24-,37-33-,38-34-,42-40-,44-36-,47-45-,52-48-,58-54-,59-55-,64-60-. The normalized spacial score (nSPS) is 14.8. The fourth-order valence-corrected chi connectivity index (χ4v) is 11.5. The van der Waals surface area contributed by atoms with Crippen molar-refractivity contribution in [3.05, 3.63) is 182 Å². The first-order chi connectivity index (χ1) is 51.7. The predicted molar refractivity (Wildman–Crippen MR) is 436 cm³/mol. The van der Waals surface area contributed by atoms with Gasteiger partial charge in [-0.05, 0) is 141 Å². The summed E-state index contributed by atoms with van der Waals surface area (Å²) in [5.74, 6) is -2.40. The highest BCUT2D eigenvalue weighted by Gasteiger charge is 2.30. The monoisotopic (exact) mass is 1520 g/mol. The van der Waals surface area contributed by atoms with Gasteiger partial charge in [0.2, 0.25) is 0 Å². The molecule has 0 saturated heterocycles. The summed E-state index contributed by atoms with van der Waals surface area (Å²) in [6.45, 7) is 4.32. The minimum Gasteiger partial charge on any atom is -0.462 e. The molecular formula is C87H140O17P2. The number of esters is 4. The van der Waals surface area contributed by atoms with Crippen molar-refractivity contribution in [2.24, 2.45) is 0 Å². The number of phosphoric acid groups is 2. The van der Waals surface area contributed by atoms with Gasteiger partial charge in [-0.1, -0.05) is 300 Å². The zero-order valence-electron chi connectivity index (χ0n) is 65.5. The number of carbonyl (C=O) groups excluding carboxylic acids is 4. The molecule has 0 bridgehead atoms. The van der Waals surface area contributed by atoms with Gasteiger partial charge in [0.1, 0.15) is 19.3 Å². The van der Waals surface area contributed by atoms with E-state index in [1.54, 1.807) is 0 Å². The van der Waals surface area contributed by atoms with Gasteiger partial charge in [0.25, 0.3) is 0 Å². The number of allylic oxidation sites excluding steroid dienone is 30. The molecule has 106 heavy (non-hydrogen) atoms. The summed E-state index contributed by atoms with van der Waals surface area (Å²) in [4.78, 5) is 73.0. The highest BCUT2D eigenvalue weighted by atomic mass is 31.2. The van der Waals surface area contributed by atoms with Gasteiger partial charge in [-0.15, -0.1) is 0 Å². The first-order valence-corrected chi connectivity index (χ1v) is 43.0. The third-order valence-electron chi connectivity index (χ3n) is 15.9. The van der Waals surface area contributed by atoms with Crippen LogP contribution >= 0.6 is 15.6 Å². The largest absolute Gasteiger partial charge is 0.472 e. The average Bonchev–Trinajstić information content (AvgIpc) is 0.909. The van der Waals surface area contributed by atoms with E-state index in [0.717, 1.165) is 122 Å². The number of unbranched alkanes of at least 4 members (excludes halogenated alkanes) is 17. The quantitative estimate of drug-likeness (QED) is 0.0169. The fraction of sp³-hybridized carbons (Fsp3) is 0.609. The summed E-state index contributed by atoms with van der Waals surface area (Å²) in [5, 5.41) is 10.6. The van der Waals surface area contributed by atoms with Crippen LogP contribution in [0.1, 0.15) is 285 Å². The van der Waals surface area contributed by atoms with E-state index in [-0.39, 0.29) is 25.7 Å². The Morgan fingerprint density at radius 1 is 0.274 bits per heavy atom. The number of carbonyl (C=O) groups is 4. The van der Waals surface area contributed by atoms with E-state index in [0.29, 0.717) is 44.9 Å². The highest BCUT2D eigenvalue weighted by Crippen LogP contribution is 2.45. The lowest BCUT2D eigenvalue weighted by Gasteiger charge is -2.21. The van der Waals surface area contributed by atoms with Crippen LogP contribution in [0.2, 0.25) is 0 Å². The molecule has 0 aromatic carbocycles. The predicted octanol–water partition coefficient (Wildman–Crippen LogP) is 23.6. The number of phosphoric ester groups is 2. The first kappa shape index (κ1) is 100. The Morgan fingerprint density at radius 3 is 0.840 bits per heavy atom. The Balaban J connectivity index is 5.52. The summed E-state index contributed by atoms with van der Waals surface area (Å²) in [7, 11) is -10.0. The molecule has 0 spiro atoms. The number of aliphatic hydroxyl groups excluding tert-OH is 1. The first-order valence-electron chi connectivity index (χ1n) is 40.0. The van der Waals surface area contributed by atoms with Crippen molar-refractivity contribution in [1.29, 1.82) is 0 Å². The number of ether oxygens (including phenoxy) is 4. The lowest BCUT2D eigenvalue weighted by molar-refractivity contribution is -0.161. The number of rotatable bonds is 73. The van der Waals surface area contributed by atoms with Crippen LogP contribution in [0.15, 0.2) is 182 Å². The second-order valence-corrected chi connectivity index (χ2v) is 28.8. The molecule has 0 aromatic heterocycles. The molecule has 17 nitrogen and oxygen atoms in total. The topological polar surface area (TPSA) is 237 Å². The molecule has 0 heterocycles. The Hall–Kier alpha value is -5.84. The minimum atomic E-state index is -5.02. The van der Waals surface area contributed by atoms with Crippen LogP contribution in [-0.4, -0.2) is 96.7 Å². The van der Waals surface area contributed by atoms with Crippen molar-refractivity contribution in [3.8, 4) is 0 Å². The Bertz CT molecular complexity index is 2730. The van der Waals surface area contributed by atoms with Crippen LogP contribution in [0.5, 0.6) is 0 Å². The summed E-state index contributed by atoms with van der Waals surface area (Å²) in [6.07, 6.45) is 93.3. The Morgan fingerprint density at radius 2 is 0.519 bits per heavy atom. The van der Waals surface area contributed by atoms with Gasteiger partial charge in [0, 0.05) is 25.7 Å². The van der Waals surface area contributed by atoms with Gasteiger partial charge in [-0.2, -0.15) is 0 Å². The highest BCUT2D eigenvalue weighted by molar-refractivity contribution is 7.47. The summed E-state index contributed by atoms with van der Waals surface area (Å²) >= 11 is 0. The molecule has 0 aliphatic rings. The van der Waals surface area contributed by atoms with E-state index in [2.05, 4.69) is 174 Å². The summed E-state index contributed by atoms with van der Waals surface area (Å²) < 4.78 is 68.4. The lowest BCUT2D eigenvalue weighted by atomic mass is 10.0. The van der Waals surface area contributed by atoms with Crippen LogP contribution in [0.25, 0.3) is 0 Å². The van der Waals surface area contributed by atoms with Crippen LogP contribution in [0.3, 0.4) is 0 Å². The van der Waals surface area contributed by atoms with Gasteiger partial charge < -0.3 is 33.8 Å². The molecule has 0 amide bonds. The second kappa shape index (κ2) is 77.3. The van der Waals surface area contributed by atoms with Gasteiger partial charge >= 0.3 is 39.5 Å². The van der Waals surface area contributed by atoms with Gasteiger partial charge in [-0.3, -0.25) is 37.3 Å². The molecule has 0 aliphatic heterocycles. The van der Waals surface area contributed by atoms with Gasteiger partial charge in [0.15, 0.2) is 12.2 Å². The molecule has 0 rings (SSSR count). The Labute approximate surface area is 641 Å². The van der Waals surface area contributed by atoms with Crippen molar-refractivity contribution in [1.82, 2.24) is 0 Å². The molecule has 0 radical (unpaired) electrons. The molecule has 5 unspecified atom stereocenters. The van der Waals surface area contributed by atoms with E-state index < -0.39 is 97.5 Å². The smallest absolute Gasteiger partial charge is 0.462 e. The molecule has 600 valence electrons. The zero-order valence-corrected chi connectivity index (χ0v) is 67.3. The van der Waals surface area contributed by atoms with E-state index in [4.69, 9.17) is 37.0 Å². The molecule has 5 atom stereocenters. The number of aliphatic hydroxyl groups is 1. The maximum atomic E-state index is 13.1. The third-order valence-corrected chi connectivity index (χ3v) is 17.8. The number of hydrogen-bond acceptors (Lipinski definition) is 15. The Kier molecular flexibility index (Phi) is 73.1. The number of hydrogen-bond donors (Lipinski definition) is 3. The van der Waals surface area contributed by atoms with E-state index >= 15 is 0 Å². The molecule has 19 heteroatoms. The average molecular weight is 1520 g/mol. The zero-order chi connectivity index (χ0) is 77.4. The molecule has 0 saturated carbocycles. The SMILES string of the molecule is CC/C=C\C/C=C\C/C=C\C/C=C\C/C=C\C/C=C\CCC(=O)OCC(COP(=O)(O)OCC(O)COP(=O)(O)OCC(COC(=O)CCC/C=C\C/C=C\C/C=C\C/C=C\C/C=C\CC)OC(=O)CCCCCCCCCCCCCCCCC)OC(=O)CCCC/C=C\C/C=C\C/C=C\C/C=C\CC. The molecule has 3 N–H and O–H groups in total. The molecule has 0 fully saturated rings. The maximum Gasteiger partial charge on any atom is 0.472 e. The van der Waals surface area contributed by atoms with Crippen molar-refractivity contribution in [3.63, 3.8) is 0 Å². The van der Waals surface area contributed by atoms with E-state index in [9.17, 15) is 43.2 Å². The lowest BCUT2D eigenvalue weighted by Crippen LogP contribution is -2.30. The van der Waals surface area contributed by atoms with E-state index in [1.165, 1.54) is 64.2 Å². The van der Waals surface area contributed by atoms with Crippen LogP contribution in [-0.2, 0) is 65.4 Å². The summed E-state index contributed by atoms with van der Waals surface area (Å²) in [5.41, 5.74) is 0. The van der Waals surface area contributed by atoms with Crippen LogP contribution < -0.4 is 0 Å². The fourth-order valence-electron chi connectivity index (χ4n) is 9.92. The van der Waals surface area contributed by atoms with Crippen molar-refractivity contribution in [2.45, 2.75) is 303 Å². The van der Waals surface area contributed by atoms with Crippen LogP contribution in [0, 0.1) is 0 Å². The van der Waals surface area contributed by atoms with E-state index in [1.807, 2.05) is 36.5 Å². The van der Waals surface area contributed by atoms with Crippen molar-refractivity contribution < 1.29 is 80.2 Å². The third kappa shape index (κ3) is 76.4. The summed E-state index contributed by atoms with van der Waals surface area (Å²) in [6, 6.07) is 0. The second-order valence-electron chi connectivity index (χ2n) is 25.9. The molecule has 0 aliphatic carbocycles. The van der Waals surface area contributed by atoms with Gasteiger partial charge in [0.05, 0.1) is 26.4 Å². The van der Waals surface area contributed by atoms with Crippen molar-refractivity contribution in [2.75, 3.05) is 39.6 Å². The van der Waals surface area contributed by atoms with Gasteiger partial charge in [-0.25, -0.2) is 9.13 Å². The van der Waals surface area contributed by atoms with Crippen molar-refractivity contribution >= 4 is 39.5 Å². The molecular weight excluding hydrogens is 1380 g/mol.